The second-order valence-corrected chi connectivity index (χ2v) is 8.97. The fourth-order valence-corrected chi connectivity index (χ4v) is 3.84. The monoisotopic (exact) mass is 562 g/mol. The Labute approximate surface area is 225 Å². The van der Waals surface area contributed by atoms with E-state index >= 15 is 0 Å². The summed E-state index contributed by atoms with van der Waals surface area (Å²) in [4.78, 5) is 27.5. The fraction of sp³-hybridized carbons (Fsp3) is 0.308. The number of aromatic nitrogens is 6. The largest absolute Gasteiger partial charge is 0.354 e. The molecule has 4 aromatic heterocycles. The first-order chi connectivity index (χ1) is 18.3. The molecule has 11 heteroatoms. The van der Waals surface area contributed by atoms with E-state index in [1.165, 1.54) is 0 Å². The SMILES string of the molecule is Brc1ccc(-c2ncccn2)cn1.C1CNCCN1.c1cnc(-c2ccc(N3CCNCC3)nc2)nc1. The molecule has 2 fully saturated rings. The minimum atomic E-state index is 0.697. The number of piperazine rings is 2. The second kappa shape index (κ2) is 15.0. The van der Waals surface area contributed by atoms with Gasteiger partial charge in [-0.15, -0.1) is 0 Å². The molecule has 192 valence electrons. The molecule has 6 rings (SSSR count). The van der Waals surface area contributed by atoms with Crippen LogP contribution in [0.4, 0.5) is 5.82 Å². The minimum Gasteiger partial charge on any atom is -0.354 e. The highest BCUT2D eigenvalue weighted by atomic mass is 79.9. The third kappa shape index (κ3) is 8.90. The lowest BCUT2D eigenvalue weighted by Crippen LogP contribution is -2.43. The van der Waals surface area contributed by atoms with E-state index in [-0.39, 0.29) is 0 Å². The van der Waals surface area contributed by atoms with Gasteiger partial charge < -0.3 is 20.9 Å². The summed E-state index contributed by atoms with van der Waals surface area (Å²) in [7, 11) is 0. The van der Waals surface area contributed by atoms with Gasteiger partial charge in [0.1, 0.15) is 10.4 Å². The topological polar surface area (TPSA) is 117 Å². The van der Waals surface area contributed by atoms with Crippen molar-refractivity contribution in [2.45, 2.75) is 0 Å². The van der Waals surface area contributed by atoms with Gasteiger partial charge in [0.2, 0.25) is 0 Å². The minimum absolute atomic E-state index is 0.697. The molecule has 2 aliphatic heterocycles. The lowest BCUT2D eigenvalue weighted by atomic mass is 10.2. The maximum atomic E-state index is 4.50. The maximum absolute atomic E-state index is 4.50. The van der Waals surface area contributed by atoms with E-state index in [4.69, 9.17) is 0 Å². The van der Waals surface area contributed by atoms with Crippen LogP contribution in [0.1, 0.15) is 0 Å². The van der Waals surface area contributed by atoms with Crippen LogP contribution in [-0.4, -0.2) is 82.3 Å². The third-order valence-corrected chi connectivity index (χ3v) is 5.99. The highest BCUT2D eigenvalue weighted by molar-refractivity contribution is 9.10. The maximum Gasteiger partial charge on any atom is 0.160 e. The summed E-state index contributed by atoms with van der Waals surface area (Å²) in [6, 6.07) is 11.5. The summed E-state index contributed by atoms with van der Waals surface area (Å²) in [5.41, 5.74) is 1.87. The second-order valence-electron chi connectivity index (χ2n) is 8.16. The quantitative estimate of drug-likeness (QED) is 0.321. The fourth-order valence-electron chi connectivity index (χ4n) is 3.61. The average Bonchev–Trinajstić information content (AvgIpc) is 3.01. The first-order valence-electron chi connectivity index (χ1n) is 12.3. The van der Waals surface area contributed by atoms with Crippen molar-refractivity contribution in [3.63, 3.8) is 0 Å². The number of nitrogens with zero attached hydrogens (tertiary/aromatic N) is 7. The Morgan fingerprint density at radius 3 is 1.49 bits per heavy atom. The Hall–Kier alpha value is -3.38. The number of hydrogen-bond donors (Lipinski definition) is 3. The van der Waals surface area contributed by atoms with Crippen LogP contribution < -0.4 is 20.9 Å². The van der Waals surface area contributed by atoms with E-state index in [9.17, 15) is 0 Å². The summed E-state index contributed by atoms with van der Waals surface area (Å²) in [5, 5.41) is 9.78. The predicted molar refractivity (Wildman–Crippen MR) is 149 cm³/mol. The zero-order valence-corrected chi connectivity index (χ0v) is 22.2. The van der Waals surface area contributed by atoms with E-state index < -0.39 is 0 Å². The summed E-state index contributed by atoms with van der Waals surface area (Å²) >= 11 is 3.27. The molecular formula is C26H31BrN10. The normalized spacial score (nSPS) is 15.0. The van der Waals surface area contributed by atoms with E-state index in [0.717, 1.165) is 79.7 Å². The van der Waals surface area contributed by atoms with Crippen molar-refractivity contribution in [3.8, 4) is 22.8 Å². The van der Waals surface area contributed by atoms with E-state index in [0.29, 0.717) is 5.82 Å². The van der Waals surface area contributed by atoms with Gasteiger partial charge in [0.15, 0.2) is 11.6 Å². The standard InChI is InChI=1S/C13H15N5.C9H6BrN3.C4H10N2/c1-4-15-13(16-5-1)11-2-3-12(17-10-11)18-8-6-14-7-9-18;10-8-3-2-7(6-13-8)9-11-4-1-5-12-9;1-2-6-4-3-5-1/h1-5,10,14H,6-9H2;1-6H;5-6H,1-4H2. The van der Waals surface area contributed by atoms with Crippen LogP contribution in [0.25, 0.3) is 22.8 Å². The van der Waals surface area contributed by atoms with Gasteiger partial charge in [-0.25, -0.2) is 29.9 Å². The third-order valence-electron chi connectivity index (χ3n) is 5.52. The number of rotatable bonds is 3. The molecule has 0 radical (unpaired) electrons. The van der Waals surface area contributed by atoms with Crippen molar-refractivity contribution in [1.82, 2.24) is 45.9 Å². The van der Waals surface area contributed by atoms with Gasteiger partial charge in [-0.1, -0.05) is 0 Å². The molecule has 0 saturated carbocycles. The molecule has 0 bridgehead atoms. The smallest absolute Gasteiger partial charge is 0.160 e. The van der Waals surface area contributed by atoms with Crippen molar-refractivity contribution >= 4 is 21.7 Å². The number of halogens is 1. The van der Waals surface area contributed by atoms with Crippen LogP contribution in [-0.2, 0) is 0 Å². The average molecular weight is 564 g/mol. The molecule has 0 aliphatic carbocycles. The summed E-state index contributed by atoms with van der Waals surface area (Å²) < 4.78 is 0.812. The highest BCUT2D eigenvalue weighted by Crippen LogP contribution is 2.17. The summed E-state index contributed by atoms with van der Waals surface area (Å²) in [6.07, 6.45) is 10.5. The molecule has 0 atom stereocenters. The van der Waals surface area contributed by atoms with Gasteiger partial charge in [0.05, 0.1) is 0 Å². The molecule has 3 N–H and O–H groups in total. The van der Waals surface area contributed by atoms with Crippen molar-refractivity contribution in [1.29, 1.82) is 0 Å². The van der Waals surface area contributed by atoms with E-state index in [1.807, 2.05) is 36.5 Å². The molecule has 4 aromatic rings. The van der Waals surface area contributed by atoms with Gasteiger partial charge in [-0.3, -0.25) is 0 Å². The molecule has 6 heterocycles. The van der Waals surface area contributed by atoms with Crippen LogP contribution in [0.5, 0.6) is 0 Å². The zero-order chi connectivity index (χ0) is 25.5. The number of hydrogen-bond acceptors (Lipinski definition) is 10. The Balaban J connectivity index is 0.000000146. The van der Waals surface area contributed by atoms with Crippen molar-refractivity contribution in [2.75, 3.05) is 57.3 Å². The number of nitrogens with one attached hydrogen (secondary N) is 3. The molecule has 0 aromatic carbocycles. The number of anilines is 1. The van der Waals surface area contributed by atoms with E-state index in [2.05, 4.69) is 66.7 Å². The van der Waals surface area contributed by atoms with Crippen LogP contribution in [0.3, 0.4) is 0 Å². The molecule has 0 amide bonds. The van der Waals surface area contributed by atoms with Crippen molar-refractivity contribution in [3.05, 3.63) is 78.2 Å². The van der Waals surface area contributed by atoms with Crippen molar-refractivity contribution < 1.29 is 0 Å². The predicted octanol–water partition coefficient (Wildman–Crippen LogP) is 2.43. The van der Waals surface area contributed by atoms with Crippen LogP contribution in [0, 0.1) is 0 Å². The summed E-state index contributed by atoms with van der Waals surface area (Å²) in [6.45, 7) is 8.61. The van der Waals surface area contributed by atoms with Crippen molar-refractivity contribution in [2.24, 2.45) is 0 Å². The first-order valence-corrected chi connectivity index (χ1v) is 13.1. The molecular weight excluding hydrogens is 532 g/mol. The highest BCUT2D eigenvalue weighted by Gasteiger charge is 2.11. The first kappa shape index (κ1) is 26.7. The van der Waals surface area contributed by atoms with Gasteiger partial charge in [-0.05, 0) is 52.3 Å². The Kier molecular flexibility index (Phi) is 10.8. The van der Waals surface area contributed by atoms with Gasteiger partial charge in [0, 0.05) is 101 Å². The molecule has 2 saturated heterocycles. The van der Waals surface area contributed by atoms with Crippen LogP contribution in [0.15, 0.2) is 78.2 Å². The molecule has 2 aliphatic rings. The molecule has 0 spiro atoms. The lowest BCUT2D eigenvalue weighted by molar-refractivity contribution is 0.534. The molecule has 10 nitrogen and oxygen atoms in total. The van der Waals surface area contributed by atoms with E-state index in [1.54, 1.807) is 37.1 Å². The number of pyridine rings is 2. The Bertz CT molecular complexity index is 1140. The zero-order valence-electron chi connectivity index (χ0n) is 20.6. The Morgan fingerprint density at radius 2 is 1.05 bits per heavy atom. The summed E-state index contributed by atoms with van der Waals surface area (Å²) in [5.74, 6) is 2.44. The molecule has 37 heavy (non-hydrogen) atoms. The Morgan fingerprint density at radius 1 is 0.568 bits per heavy atom. The van der Waals surface area contributed by atoms with Gasteiger partial charge in [-0.2, -0.15) is 0 Å². The van der Waals surface area contributed by atoms with Crippen LogP contribution >= 0.6 is 15.9 Å². The lowest BCUT2D eigenvalue weighted by Gasteiger charge is -2.28. The molecule has 0 unspecified atom stereocenters. The van der Waals surface area contributed by atoms with Gasteiger partial charge in [0.25, 0.3) is 0 Å². The van der Waals surface area contributed by atoms with Gasteiger partial charge >= 0.3 is 0 Å². The van der Waals surface area contributed by atoms with Crippen LogP contribution in [0.2, 0.25) is 0 Å².